The summed E-state index contributed by atoms with van der Waals surface area (Å²) >= 11 is 0. The van der Waals surface area contributed by atoms with Crippen molar-refractivity contribution in [2.75, 3.05) is 25.1 Å². The average Bonchev–Trinajstić information content (AvgIpc) is 2.45. The Morgan fingerprint density at radius 3 is 3.05 bits per heavy atom. The van der Waals surface area contributed by atoms with Crippen LogP contribution in [0.15, 0.2) is 6.07 Å². The van der Waals surface area contributed by atoms with Crippen LogP contribution in [-0.4, -0.2) is 35.8 Å². The van der Waals surface area contributed by atoms with E-state index in [1.165, 1.54) is 5.56 Å². The number of rotatable bonds is 6. The molecule has 1 aromatic heterocycles. The number of carboxylic acids is 1. The van der Waals surface area contributed by atoms with Gasteiger partial charge in [-0.15, -0.1) is 0 Å². The average molecular weight is 275 g/mol. The van der Waals surface area contributed by atoms with Gasteiger partial charge in [0.15, 0.2) is 0 Å². The van der Waals surface area contributed by atoms with Gasteiger partial charge in [-0.2, -0.15) is 5.26 Å². The number of aliphatic carboxylic acids is 1. The zero-order valence-electron chi connectivity index (χ0n) is 11.2. The Kier molecular flexibility index (Phi) is 4.91. The molecule has 0 aromatic carbocycles. The van der Waals surface area contributed by atoms with Gasteiger partial charge in [0.2, 0.25) is 0 Å². The molecule has 1 aliphatic carbocycles. The molecule has 1 aromatic rings. The van der Waals surface area contributed by atoms with E-state index in [1.807, 2.05) is 6.07 Å². The highest BCUT2D eigenvalue weighted by molar-refractivity contribution is 5.68. The Balaban J connectivity index is 1.96. The molecule has 20 heavy (non-hydrogen) atoms. The van der Waals surface area contributed by atoms with Crippen LogP contribution >= 0.6 is 0 Å². The molecule has 0 saturated carbocycles. The smallest absolute Gasteiger partial charge is 0.329 e. The van der Waals surface area contributed by atoms with Crippen molar-refractivity contribution in [2.45, 2.75) is 25.7 Å². The number of aryl methyl sites for hydroxylation is 2. The van der Waals surface area contributed by atoms with E-state index in [9.17, 15) is 4.79 Å². The number of nitrogens with zero attached hydrogens (tertiary/aromatic N) is 2. The van der Waals surface area contributed by atoms with E-state index in [1.54, 1.807) is 0 Å². The fraction of sp³-hybridized carbons (Fsp3) is 0.500. The first-order valence-electron chi connectivity index (χ1n) is 6.67. The lowest BCUT2D eigenvalue weighted by Gasteiger charge is -2.17. The normalized spacial score (nSPS) is 13.3. The lowest BCUT2D eigenvalue weighted by atomic mass is 9.95. The van der Waals surface area contributed by atoms with Crippen LogP contribution in [0.25, 0.3) is 0 Å². The summed E-state index contributed by atoms with van der Waals surface area (Å²) in [5.74, 6) is -0.429. The fourth-order valence-corrected chi connectivity index (χ4v) is 2.25. The van der Waals surface area contributed by atoms with Crippen LogP contribution < -0.4 is 5.32 Å². The molecule has 6 nitrogen and oxygen atoms in total. The molecule has 0 unspecified atom stereocenters. The van der Waals surface area contributed by atoms with E-state index in [4.69, 9.17) is 15.1 Å². The highest BCUT2D eigenvalue weighted by Gasteiger charge is 2.14. The molecular formula is C14H17N3O3. The Morgan fingerprint density at radius 1 is 1.50 bits per heavy atom. The van der Waals surface area contributed by atoms with E-state index >= 15 is 0 Å². The molecule has 2 rings (SSSR count). The first kappa shape index (κ1) is 14.3. The molecule has 1 aliphatic rings. The standard InChI is InChI=1S/C14H17N3O3/c15-8-11-7-10-3-1-2-4-12(10)17-14(11)16-5-6-20-9-13(18)19/h7H,1-6,9H2,(H,16,17)(H,18,19). The molecule has 0 saturated heterocycles. The van der Waals surface area contributed by atoms with Gasteiger partial charge in [-0.05, 0) is 37.3 Å². The summed E-state index contributed by atoms with van der Waals surface area (Å²) in [5, 5.41) is 20.6. The number of hydrogen-bond acceptors (Lipinski definition) is 5. The monoisotopic (exact) mass is 275 g/mol. The number of pyridine rings is 1. The van der Waals surface area contributed by atoms with Gasteiger partial charge in [0.05, 0.1) is 12.2 Å². The second-order valence-corrected chi connectivity index (χ2v) is 4.68. The molecule has 0 fully saturated rings. The second-order valence-electron chi connectivity index (χ2n) is 4.68. The van der Waals surface area contributed by atoms with Crippen LogP contribution in [0.1, 0.15) is 29.7 Å². The number of hydrogen-bond donors (Lipinski definition) is 2. The van der Waals surface area contributed by atoms with Crippen molar-refractivity contribution in [2.24, 2.45) is 0 Å². The number of ether oxygens (including phenoxy) is 1. The van der Waals surface area contributed by atoms with Crippen LogP contribution in [0.5, 0.6) is 0 Å². The molecule has 0 bridgehead atoms. The Bertz CT molecular complexity index is 537. The van der Waals surface area contributed by atoms with E-state index in [0.717, 1.165) is 31.4 Å². The zero-order valence-corrected chi connectivity index (χ0v) is 11.2. The van der Waals surface area contributed by atoms with E-state index in [-0.39, 0.29) is 13.2 Å². The maximum absolute atomic E-state index is 10.3. The number of anilines is 1. The fourth-order valence-electron chi connectivity index (χ4n) is 2.25. The van der Waals surface area contributed by atoms with Crippen molar-refractivity contribution < 1.29 is 14.6 Å². The minimum atomic E-state index is -0.991. The van der Waals surface area contributed by atoms with Crippen LogP contribution in [0.4, 0.5) is 5.82 Å². The summed E-state index contributed by atoms with van der Waals surface area (Å²) in [6.07, 6.45) is 4.21. The summed E-state index contributed by atoms with van der Waals surface area (Å²) < 4.78 is 4.93. The van der Waals surface area contributed by atoms with E-state index in [0.29, 0.717) is 17.9 Å². The van der Waals surface area contributed by atoms with Crippen LogP contribution in [0.2, 0.25) is 0 Å². The van der Waals surface area contributed by atoms with Gasteiger partial charge < -0.3 is 15.2 Å². The van der Waals surface area contributed by atoms with Crippen molar-refractivity contribution in [3.05, 3.63) is 22.9 Å². The highest BCUT2D eigenvalue weighted by Crippen LogP contribution is 2.24. The van der Waals surface area contributed by atoms with Gasteiger partial charge in [-0.1, -0.05) is 0 Å². The Labute approximate surface area is 117 Å². The number of fused-ring (bicyclic) bond motifs is 1. The van der Waals surface area contributed by atoms with Crippen molar-refractivity contribution in [1.29, 1.82) is 5.26 Å². The number of nitriles is 1. The number of carbonyl (C=O) groups is 1. The molecule has 2 N–H and O–H groups in total. The predicted molar refractivity (Wildman–Crippen MR) is 72.5 cm³/mol. The quantitative estimate of drug-likeness (QED) is 0.761. The summed E-state index contributed by atoms with van der Waals surface area (Å²) in [7, 11) is 0. The summed E-state index contributed by atoms with van der Waals surface area (Å²) in [6, 6.07) is 4.05. The predicted octanol–water partition coefficient (Wildman–Crippen LogP) is 1.35. The summed E-state index contributed by atoms with van der Waals surface area (Å²) in [4.78, 5) is 14.8. The number of nitrogens with one attached hydrogen (secondary N) is 1. The summed E-state index contributed by atoms with van der Waals surface area (Å²) in [6.45, 7) is 0.369. The second kappa shape index (κ2) is 6.87. The SMILES string of the molecule is N#Cc1cc2c(nc1NCCOCC(=O)O)CCCC2. The molecular weight excluding hydrogens is 258 g/mol. The van der Waals surface area contributed by atoms with Crippen molar-refractivity contribution >= 4 is 11.8 Å². The number of aromatic nitrogens is 1. The maximum atomic E-state index is 10.3. The van der Waals surface area contributed by atoms with Gasteiger partial charge >= 0.3 is 5.97 Å². The molecule has 0 radical (unpaired) electrons. The molecule has 0 aliphatic heterocycles. The molecule has 106 valence electrons. The first-order valence-corrected chi connectivity index (χ1v) is 6.67. The molecule has 6 heteroatoms. The Hall–Kier alpha value is -2.13. The zero-order chi connectivity index (χ0) is 14.4. The van der Waals surface area contributed by atoms with Crippen molar-refractivity contribution in [3.63, 3.8) is 0 Å². The third-order valence-electron chi connectivity index (χ3n) is 3.19. The lowest BCUT2D eigenvalue weighted by Crippen LogP contribution is -2.16. The Morgan fingerprint density at radius 2 is 2.30 bits per heavy atom. The molecule has 0 spiro atoms. The van der Waals surface area contributed by atoms with Gasteiger partial charge in [0, 0.05) is 12.2 Å². The number of carboxylic acid groups (broad SMARTS) is 1. The van der Waals surface area contributed by atoms with Gasteiger partial charge in [0.1, 0.15) is 18.5 Å². The minimum Gasteiger partial charge on any atom is -0.480 e. The lowest BCUT2D eigenvalue weighted by molar-refractivity contribution is -0.142. The topological polar surface area (TPSA) is 95.2 Å². The first-order chi connectivity index (χ1) is 9.70. The summed E-state index contributed by atoms with van der Waals surface area (Å²) in [5.41, 5.74) is 2.76. The van der Waals surface area contributed by atoms with Crippen molar-refractivity contribution in [3.8, 4) is 6.07 Å². The van der Waals surface area contributed by atoms with Gasteiger partial charge in [-0.3, -0.25) is 0 Å². The molecule has 0 atom stereocenters. The maximum Gasteiger partial charge on any atom is 0.329 e. The van der Waals surface area contributed by atoms with E-state index in [2.05, 4.69) is 16.4 Å². The van der Waals surface area contributed by atoms with Crippen LogP contribution in [0.3, 0.4) is 0 Å². The molecule has 1 heterocycles. The largest absolute Gasteiger partial charge is 0.480 e. The third kappa shape index (κ3) is 3.68. The minimum absolute atomic E-state index is 0.260. The van der Waals surface area contributed by atoms with Crippen LogP contribution in [-0.2, 0) is 22.4 Å². The van der Waals surface area contributed by atoms with E-state index < -0.39 is 5.97 Å². The van der Waals surface area contributed by atoms with Gasteiger partial charge in [0.25, 0.3) is 0 Å². The third-order valence-corrected chi connectivity index (χ3v) is 3.19. The molecule has 0 amide bonds. The highest BCUT2D eigenvalue weighted by atomic mass is 16.5. The van der Waals surface area contributed by atoms with Crippen molar-refractivity contribution in [1.82, 2.24) is 4.98 Å². The van der Waals surface area contributed by atoms with Gasteiger partial charge in [-0.25, -0.2) is 9.78 Å². The van der Waals surface area contributed by atoms with Crippen LogP contribution in [0, 0.1) is 11.3 Å².